The lowest BCUT2D eigenvalue weighted by molar-refractivity contribution is -0.135. The molecule has 1 aliphatic carbocycles. The van der Waals surface area contributed by atoms with E-state index in [0.29, 0.717) is 36.2 Å². The zero-order valence-electron chi connectivity index (χ0n) is 21.1. The number of piperidine rings is 1. The Bertz CT molecular complexity index is 1150. The Labute approximate surface area is 222 Å². The van der Waals surface area contributed by atoms with E-state index in [2.05, 4.69) is 16.0 Å². The van der Waals surface area contributed by atoms with Crippen LogP contribution in [0.25, 0.3) is 0 Å². The second-order valence-electron chi connectivity index (χ2n) is 10.4. The molecule has 3 heterocycles. The van der Waals surface area contributed by atoms with Gasteiger partial charge in [-0.3, -0.25) is 4.79 Å². The molecule has 0 N–H and O–H groups in total. The Kier molecular flexibility index (Phi) is 7.52. The van der Waals surface area contributed by atoms with Gasteiger partial charge in [-0.15, -0.1) is 0 Å². The number of hydrogen-bond acceptors (Lipinski definition) is 6. The Hall–Kier alpha value is -3.31. The van der Waals surface area contributed by atoms with Crippen LogP contribution in [0.15, 0.2) is 42.6 Å². The Morgan fingerprint density at radius 1 is 1.11 bits per heavy atom. The van der Waals surface area contributed by atoms with Gasteiger partial charge in [-0.05, 0) is 61.4 Å². The smallest absolute Gasteiger partial charge is 0.409 e. The molecule has 0 radical (unpaired) electrons. The molecular weight excluding hydrogens is 490 g/mol. The Balaban J connectivity index is 1.24. The van der Waals surface area contributed by atoms with E-state index in [1.54, 1.807) is 24.2 Å². The summed E-state index contributed by atoms with van der Waals surface area (Å²) >= 11 is 6.12. The molecule has 8 nitrogen and oxygen atoms in total. The number of amides is 2. The van der Waals surface area contributed by atoms with E-state index in [-0.39, 0.29) is 29.9 Å². The SMILES string of the molecule is CN(C(=O)OCC1CC1)[C@@H]1CN(C(=O)C2CCN(c3ccc(C#N)cn3)CC2)C[C@H]1c1ccc(Cl)cc1. The van der Waals surface area contributed by atoms with Crippen LogP contribution in [-0.4, -0.2) is 72.7 Å². The van der Waals surface area contributed by atoms with E-state index in [1.165, 1.54) is 0 Å². The molecule has 37 heavy (non-hydrogen) atoms. The second-order valence-corrected chi connectivity index (χ2v) is 10.8. The fourth-order valence-corrected chi connectivity index (χ4v) is 5.49. The molecule has 194 valence electrons. The first kappa shape index (κ1) is 25.3. The summed E-state index contributed by atoms with van der Waals surface area (Å²) in [4.78, 5) is 36.6. The largest absolute Gasteiger partial charge is 0.449 e. The molecule has 3 aliphatic rings. The third-order valence-electron chi connectivity index (χ3n) is 7.87. The first-order valence-electron chi connectivity index (χ1n) is 13.0. The van der Waals surface area contributed by atoms with Gasteiger partial charge in [-0.1, -0.05) is 23.7 Å². The van der Waals surface area contributed by atoms with Gasteiger partial charge >= 0.3 is 6.09 Å². The van der Waals surface area contributed by atoms with E-state index in [9.17, 15) is 9.59 Å². The summed E-state index contributed by atoms with van der Waals surface area (Å²) in [5.74, 6) is 1.40. The highest BCUT2D eigenvalue weighted by molar-refractivity contribution is 6.30. The van der Waals surface area contributed by atoms with Crippen LogP contribution >= 0.6 is 11.6 Å². The molecule has 5 rings (SSSR count). The molecule has 2 aliphatic heterocycles. The number of carbonyl (C=O) groups excluding carboxylic acids is 2. The summed E-state index contributed by atoms with van der Waals surface area (Å²) in [5.41, 5.74) is 1.60. The number of halogens is 1. The lowest BCUT2D eigenvalue weighted by Gasteiger charge is -2.34. The van der Waals surface area contributed by atoms with Gasteiger partial charge < -0.3 is 19.4 Å². The van der Waals surface area contributed by atoms with Crippen molar-refractivity contribution >= 4 is 29.4 Å². The first-order chi connectivity index (χ1) is 17.9. The number of carbonyl (C=O) groups is 2. The number of nitrogens with zero attached hydrogens (tertiary/aromatic N) is 5. The maximum Gasteiger partial charge on any atom is 0.409 e. The molecule has 1 aromatic heterocycles. The van der Waals surface area contributed by atoms with E-state index in [4.69, 9.17) is 21.6 Å². The van der Waals surface area contributed by atoms with Gasteiger partial charge in [-0.2, -0.15) is 5.26 Å². The molecule has 2 atom stereocenters. The summed E-state index contributed by atoms with van der Waals surface area (Å²) in [5, 5.41) is 9.66. The number of aromatic nitrogens is 1. The van der Waals surface area contributed by atoms with Crippen molar-refractivity contribution in [1.82, 2.24) is 14.8 Å². The van der Waals surface area contributed by atoms with Crippen molar-refractivity contribution in [3.05, 3.63) is 58.7 Å². The van der Waals surface area contributed by atoms with Crippen molar-refractivity contribution in [2.45, 2.75) is 37.6 Å². The third kappa shape index (κ3) is 5.83. The molecule has 0 bridgehead atoms. The Morgan fingerprint density at radius 2 is 1.84 bits per heavy atom. The number of nitriles is 1. The maximum atomic E-state index is 13.6. The van der Waals surface area contributed by atoms with Gasteiger partial charge in [0.2, 0.25) is 5.91 Å². The van der Waals surface area contributed by atoms with Crippen LogP contribution in [0.5, 0.6) is 0 Å². The fraction of sp³-hybridized carbons (Fsp3) is 0.500. The molecule has 0 spiro atoms. The van der Waals surface area contributed by atoms with Crippen molar-refractivity contribution in [3.63, 3.8) is 0 Å². The predicted octanol–water partition coefficient (Wildman–Crippen LogP) is 4.30. The van der Waals surface area contributed by atoms with Crippen molar-refractivity contribution in [2.24, 2.45) is 11.8 Å². The summed E-state index contributed by atoms with van der Waals surface area (Å²) < 4.78 is 5.56. The zero-order chi connectivity index (χ0) is 25.9. The van der Waals surface area contributed by atoms with Gasteiger partial charge in [0.05, 0.1) is 18.2 Å². The number of ether oxygens (including phenoxy) is 1. The Morgan fingerprint density at radius 3 is 2.46 bits per heavy atom. The number of likely N-dealkylation sites (N-methyl/N-ethyl adjacent to an activating group) is 1. The van der Waals surface area contributed by atoms with Gasteiger partial charge in [0.15, 0.2) is 0 Å². The fourth-order valence-electron chi connectivity index (χ4n) is 5.36. The summed E-state index contributed by atoms with van der Waals surface area (Å²) in [7, 11) is 1.78. The molecular formula is C28H32ClN5O3. The monoisotopic (exact) mass is 521 g/mol. The first-order valence-corrected chi connectivity index (χ1v) is 13.4. The normalized spacial score (nSPS) is 22.0. The number of rotatable bonds is 6. The van der Waals surface area contributed by atoms with Crippen molar-refractivity contribution in [2.75, 3.05) is 44.7 Å². The number of benzene rings is 1. The number of likely N-dealkylation sites (tertiary alicyclic amines) is 1. The van der Waals surface area contributed by atoms with Crippen LogP contribution in [0.3, 0.4) is 0 Å². The number of hydrogen-bond donors (Lipinski definition) is 0. The van der Waals surface area contributed by atoms with Crippen LogP contribution in [0.4, 0.5) is 10.6 Å². The van der Waals surface area contributed by atoms with Gasteiger partial charge in [-0.25, -0.2) is 9.78 Å². The lowest BCUT2D eigenvalue weighted by atomic mass is 9.93. The van der Waals surface area contributed by atoms with Gasteiger partial charge in [0.25, 0.3) is 0 Å². The van der Waals surface area contributed by atoms with E-state index < -0.39 is 0 Å². The minimum atomic E-state index is -0.326. The van der Waals surface area contributed by atoms with Crippen molar-refractivity contribution < 1.29 is 14.3 Å². The molecule has 1 aromatic carbocycles. The predicted molar refractivity (Wildman–Crippen MR) is 140 cm³/mol. The molecule has 0 unspecified atom stereocenters. The van der Waals surface area contributed by atoms with Crippen LogP contribution in [0.2, 0.25) is 5.02 Å². The van der Waals surface area contributed by atoms with E-state index in [0.717, 1.165) is 50.2 Å². The topological polar surface area (TPSA) is 89.8 Å². The van der Waals surface area contributed by atoms with Crippen molar-refractivity contribution in [1.29, 1.82) is 5.26 Å². The highest BCUT2D eigenvalue weighted by atomic mass is 35.5. The highest BCUT2D eigenvalue weighted by Crippen LogP contribution is 2.35. The molecule has 2 saturated heterocycles. The minimum absolute atomic E-state index is 0.0115. The van der Waals surface area contributed by atoms with Gasteiger partial charge in [0.1, 0.15) is 11.9 Å². The maximum absolute atomic E-state index is 13.6. The average molecular weight is 522 g/mol. The van der Waals surface area contributed by atoms with Crippen LogP contribution in [0.1, 0.15) is 42.7 Å². The molecule has 2 aromatic rings. The molecule has 3 fully saturated rings. The molecule has 9 heteroatoms. The second kappa shape index (κ2) is 11.0. The summed E-state index contributed by atoms with van der Waals surface area (Å²) in [6.07, 6.45) is 4.99. The third-order valence-corrected chi connectivity index (χ3v) is 8.12. The molecule has 2 amide bonds. The standard InChI is InChI=1S/C28H32ClN5O3/c1-32(28(36)37-18-19-2-3-19)25-17-34(16-24(25)21-5-7-23(29)8-6-21)27(35)22-10-12-33(13-11-22)26-9-4-20(14-30)15-31-26/h4-9,15,19,22,24-25H,2-3,10-13,16-18H2,1H3/t24-,25+/m0/s1. The minimum Gasteiger partial charge on any atom is -0.449 e. The quantitative estimate of drug-likeness (QED) is 0.563. The van der Waals surface area contributed by atoms with E-state index in [1.807, 2.05) is 35.2 Å². The average Bonchev–Trinajstić information content (AvgIpc) is 3.67. The van der Waals surface area contributed by atoms with Crippen molar-refractivity contribution in [3.8, 4) is 6.07 Å². The van der Waals surface area contributed by atoms with Crippen LogP contribution < -0.4 is 4.90 Å². The van der Waals surface area contributed by atoms with E-state index >= 15 is 0 Å². The zero-order valence-corrected chi connectivity index (χ0v) is 21.8. The lowest BCUT2D eigenvalue weighted by Crippen LogP contribution is -2.44. The summed E-state index contributed by atoms with van der Waals surface area (Å²) in [6, 6.07) is 13.2. The number of anilines is 1. The molecule has 1 saturated carbocycles. The van der Waals surface area contributed by atoms with Crippen LogP contribution in [-0.2, 0) is 9.53 Å². The van der Waals surface area contributed by atoms with Crippen LogP contribution in [0, 0.1) is 23.2 Å². The van der Waals surface area contributed by atoms with Gasteiger partial charge in [0, 0.05) is 56.3 Å². The highest BCUT2D eigenvalue weighted by Gasteiger charge is 2.42. The summed E-state index contributed by atoms with van der Waals surface area (Å²) in [6.45, 7) is 2.99. The number of pyridine rings is 1.